The first-order chi connectivity index (χ1) is 8.93. The molecule has 4 heteroatoms. The Morgan fingerprint density at radius 1 is 1.10 bits per heavy atom. The molecular weight excluding hydrogens is 252 g/mol. The van der Waals surface area contributed by atoms with E-state index in [0.29, 0.717) is 0 Å². The maximum Gasteiger partial charge on any atom is 0.257 e. The third kappa shape index (κ3) is 2.60. The number of amides is 1. The molecule has 0 aromatic carbocycles. The van der Waals surface area contributed by atoms with E-state index in [2.05, 4.69) is 39.9 Å². The molecule has 0 bridgehead atoms. The van der Waals surface area contributed by atoms with Gasteiger partial charge in [-0.05, 0) is 48.0 Å². The van der Waals surface area contributed by atoms with Gasteiger partial charge in [0.25, 0.3) is 5.91 Å². The Bertz CT molecular complexity index is 397. The van der Waals surface area contributed by atoms with Crippen LogP contribution in [0.4, 0.5) is 0 Å². The Labute approximate surface area is 123 Å². The summed E-state index contributed by atoms with van der Waals surface area (Å²) in [5, 5.41) is 3.63. The van der Waals surface area contributed by atoms with Gasteiger partial charge in [-0.3, -0.25) is 4.79 Å². The van der Waals surface area contributed by atoms with Gasteiger partial charge in [0.05, 0.1) is 0 Å². The fourth-order valence-corrected chi connectivity index (χ4v) is 4.38. The largest absolute Gasteiger partial charge is 0.340 e. The van der Waals surface area contributed by atoms with Crippen LogP contribution in [0.2, 0.25) is 0 Å². The third-order valence-corrected chi connectivity index (χ3v) is 4.31. The summed E-state index contributed by atoms with van der Waals surface area (Å²) < 4.78 is 6.36. The fourth-order valence-electron chi connectivity index (χ4n) is 4.38. The lowest BCUT2D eigenvalue weighted by molar-refractivity contribution is -0.157. The molecule has 0 saturated carbocycles. The highest BCUT2D eigenvalue weighted by atomic mass is 16.6. The van der Waals surface area contributed by atoms with E-state index in [0.717, 1.165) is 25.8 Å². The number of hydrogen-bond acceptors (Lipinski definition) is 3. The molecule has 0 aromatic rings. The second-order valence-electron chi connectivity index (χ2n) is 8.25. The van der Waals surface area contributed by atoms with Crippen molar-refractivity contribution in [3.05, 3.63) is 0 Å². The van der Waals surface area contributed by atoms with E-state index in [1.165, 1.54) is 0 Å². The van der Waals surface area contributed by atoms with Gasteiger partial charge in [-0.25, -0.2) is 0 Å². The van der Waals surface area contributed by atoms with Gasteiger partial charge in [0.15, 0.2) is 5.60 Å². The normalized spacial score (nSPS) is 29.9. The number of ether oxygens (including phenoxy) is 1. The number of hydrogen-bond donors (Lipinski definition) is 1. The summed E-state index contributed by atoms with van der Waals surface area (Å²) in [5.41, 5.74) is -1.38. The van der Waals surface area contributed by atoms with Gasteiger partial charge in [0.2, 0.25) is 0 Å². The van der Waals surface area contributed by atoms with Crippen LogP contribution in [0.3, 0.4) is 0 Å². The van der Waals surface area contributed by atoms with Crippen molar-refractivity contribution < 1.29 is 9.53 Å². The summed E-state index contributed by atoms with van der Waals surface area (Å²) in [4.78, 5) is 15.0. The van der Waals surface area contributed by atoms with Crippen molar-refractivity contribution in [2.75, 3.05) is 6.54 Å². The van der Waals surface area contributed by atoms with Gasteiger partial charge in [0, 0.05) is 30.5 Å². The minimum absolute atomic E-state index is 0.101. The van der Waals surface area contributed by atoms with Crippen LogP contribution in [0.1, 0.15) is 67.7 Å². The Morgan fingerprint density at radius 3 is 2.05 bits per heavy atom. The van der Waals surface area contributed by atoms with Gasteiger partial charge >= 0.3 is 0 Å². The second kappa shape index (κ2) is 4.44. The molecule has 1 amide bonds. The Hall–Kier alpha value is -0.610. The predicted octanol–water partition coefficient (Wildman–Crippen LogP) is 2.67. The van der Waals surface area contributed by atoms with Crippen molar-refractivity contribution in [2.45, 2.75) is 90.1 Å². The van der Waals surface area contributed by atoms with E-state index in [1.54, 1.807) is 0 Å². The van der Waals surface area contributed by atoms with Gasteiger partial charge in [-0.2, -0.15) is 0 Å². The number of nitrogens with zero attached hydrogens (tertiary/aromatic N) is 1. The van der Waals surface area contributed by atoms with Crippen molar-refractivity contribution in [1.29, 1.82) is 0 Å². The summed E-state index contributed by atoms with van der Waals surface area (Å²) in [5.74, 6) is 0.173. The van der Waals surface area contributed by atoms with Gasteiger partial charge in [0.1, 0.15) is 5.72 Å². The zero-order valence-electron chi connectivity index (χ0n) is 14.1. The Kier molecular flexibility index (Phi) is 3.50. The Morgan fingerprint density at radius 2 is 1.60 bits per heavy atom. The van der Waals surface area contributed by atoms with Crippen LogP contribution >= 0.6 is 0 Å². The van der Waals surface area contributed by atoms with Crippen molar-refractivity contribution in [3.63, 3.8) is 0 Å². The summed E-state index contributed by atoms with van der Waals surface area (Å²) in [6.07, 6.45) is 2.41. The topological polar surface area (TPSA) is 41.6 Å². The summed E-state index contributed by atoms with van der Waals surface area (Å²) in [6, 6.07) is 0. The lowest BCUT2D eigenvalue weighted by Crippen LogP contribution is -2.65. The van der Waals surface area contributed by atoms with Crippen LogP contribution in [0.5, 0.6) is 0 Å². The molecule has 2 fully saturated rings. The molecular formula is C16H30N2O2. The van der Waals surface area contributed by atoms with E-state index in [1.807, 2.05) is 18.7 Å². The maximum absolute atomic E-state index is 13.0. The molecule has 20 heavy (non-hydrogen) atoms. The molecule has 0 aliphatic carbocycles. The average molecular weight is 282 g/mol. The molecule has 1 N–H and O–H groups in total. The molecule has 2 heterocycles. The summed E-state index contributed by atoms with van der Waals surface area (Å²) in [7, 11) is 0. The molecule has 2 aliphatic rings. The number of piperidine rings is 1. The molecule has 0 radical (unpaired) electrons. The smallest absolute Gasteiger partial charge is 0.257 e. The van der Waals surface area contributed by atoms with Crippen LogP contribution in [0, 0.1) is 0 Å². The molecule has 2 saturated heterocycles. The average Bonchev–Trinajstić information content (AvgIpc) is 2.33. The molecule has 0 aromatic heterocycles. The minimum atomic E-state index is -0.670. The SMILES string of the molecule is CCCN1C(=O)C2(CC(C)(C)NC(C)(C)C2)OC1(C)C. The molecule has 116 valence electrons. The zero-order chi connectivity index (χ0) is 15.4. The molecule has 4 nitrogen and oxygen atoms in total. The molecule has 2 rings (SSSR count). The summed E-state index contributed by atoms with van der Waals surface area (Å²) >= 11 is 0. The predicted molar refractivity (Wildman–Crippen MR) is 80.4 cm³/mol. The van der Waals surface area contributed by atoms with E-state index >= 15 is 0 Å². The second-order valence-corrected chi connectivity index (χ2v) is 8.25. The first-order valence-corrected chi connectivity index (χ1v) is 7.75. The number of rotatable bonds is 2. The Balaban J connectivity index is 2.38. The van der Waals surface area contributed by atoms with Crippen molar-refractivity contribution >= 4 is 5.91 Å². The van der Waals surface area contributed by atoms with Crippen LogP contribution in [0.25, 0.3) is 0 Å². The molecule has 2 aliphatic heterocycles. The molecule has 0 unspecified atom stereocenters. The maximum atomic E-state index is 13.0. The highest BCUT2D eigenvalue weighted by molar-refractivity contribution is 5.88. The standard InChI is InChI=1S/C16H30N2O2/c1-8-9-18-12(19)16(20-15(18,6)7)10-13(2,3)17-14(4,5)11-16/h17H,8-11H2,1-7H3. The van der Waals surface area contributed by atoms with Crippen LogP contribution in [-0.2, 0) is 9.53 Å². The van der Waals surface area contributed by atoms with Gasteiger partial charge in [-0.1, -0.05) is 6.92 Å². The first kappa shape index (κ1) is 15.8. The number of carbonyl (C=O) groups is 1. The highest BCUT2D eigenvalue weighted by Crippen LogP contribution is 2.47. The molecule has 0 atom stereocenters. The van der Waals surface area contributed by atoms with E-state index in [4.69, 9.17) is 4.74 Å². The first-order valence-electron chi connectivity index (χ1n) is 7.75. The van der Waals surface area contributed by atoms with E-state index < -0.39 is 11.3 Å². The zero-order valence-corrected chi connectivity index (χ0v) is 14.1. The lowest BCUT2D eigenvalue weighted by atomic mass is 9.72. The van der Waals surface area contributed by atoms with Gasteiger partial charge < -0.3 is 15.0 Å². The van der Waals surface area contributed by atoms with Gasteiger partial charge in [-0.15, -0.1) is 0 Å². The molecule has 1 spiro atoms. The third-order valence-electron chi connectivity index (χ3n) is 4.31. The van der Waals surface area contributed by atoms with E-state index in [-0.39, 0.29) is 17.0 Å². The monoisotopic (exact) mass is 282 g/mol. The number of carbonyl (C=O) groups excluding carboxylic acids is 1. The van der Waals surface area contributed by atoms with Crippen molar-refractivity contribution in [2.24, 2.45) is 0 Å². The fraction of sp³-hybridized carbons (Fsp3) is 0.938. The summed E-state index contributed by atoms with van der Waals surface area (Å²) in [6.45, 7) is 15.5. The van der Waals surface area contributed by atoms with Crippen LogP contribution < -0.4 is 5.32 Å². The van der Waals surface area contributed by atoms with E-state index in [9.17, 15) is 4.79 Å². The quantitative estimate of drug-likeness (QED) is 0.846. The van der Waals surface area contributed by atoms with Crippen molar-refractivity contribution in [3.8, 4) is 0 Å². The number of nitrogens with one attached hydrogen (secondary N) is 1. The lowest BCUT2D eigenvalue weighted by Gasteiger charge is -2.50. The van der Waals surface area contributed by atoms with Crippen LogP contribution in [-0.4, -0.2) is 39.8 Å². The minimum Gasteiger partial charge on any atom is -0.340 e. The van der Waals surface area contributed by atoms with Crippen LogP contribution in [0.15, 0.2) is 0 Å². The highest BCUT2D eigenvalue weighted by Gasteiger charge is 2.61. The van der Waals surface area contributed by atoms with Crippen molar-refractivity contribution in [1.82, 2.24) is 10.2 Å².